The van der Waals surface area contributed by atoms with Crippen LogP contribution < -0.4 is 10.6 Å². The number of carbonyl (C=O) groups excluding carboxylic acids is 1. The summed E-state index contributed by atoms with van der Waals surface area (Å²) in [4.78, 5) is 21.2. The van der Waals surface area contributed by atoms with Crippen LogP contribution in [0, 0.1) is 0 Å². The van der Waals surface area contributed by atoms with E-state index in [0.29, 0.717) is 43.6 Å². The molecule has 1 amide bonds. The molecule has 4 rings (SSSR count). The normalized spacial score (nSPS) is 10.9. The Balaban J connectivity index is 1.64. The van der Waals surface area contributed by atoms with Crippen LogP contribution in [0.3, 0.4) is 0 Å². The number of amides is 1. The standard InChI is InChI=1S/C20H14Cl3N5O/c1-28-16-6-5-11(19(29)26-17-10-12(21)7-8-24-17)9-15(16)25-20(28)27-18-13(22)3-2-4-14(18)23/h2-10H,1H3,(H,25,27)(H,24,26,29). The quantitative estimate of drug-likeness (QED) is 0.408. The molecule has 9 heteroatoms. The Morgan fingerprint density at radius 3 is 2.52 bits per heavy atom. The number of carbonyl (C=O) groups is 1. The van der Waals surface area contributed by atoms with Crippen molar-refractivity contribution in [3.8, 4) is 0 Å². The zero-order chi connectivity index (χ0) is 20.5. The third-order valence-corrected chi connectivity index (χ3v) is 5.17. The Labute approximate surface area is 181 Å². The molecular formula is C20H14Cl3N5O. The summed E-state index contributed by atoms with van der Waals surface area (Å²) in [5, 5.41) is 7.34. The lowest BCUT2D eigenvalue weighted by Gasteiger charge is -2.09. The molecule has 2 aromatic heterocycles. The van der Waals surface area contributed by atoms with E-state index < -0.39 is 0 Å². The minimum atomic E-state index is -0.309. The monoisotopic (exact) mass is 445 g/mol. The second-order valence-corrected chi connectivity index (χ2v) is 7.48. The molecule has 0 aliphatic carbocycles. The number of nitrogens with zero attached hydrogens (tertiary/aromatic N) is 3. The number of pyridine rings is 1. The predicted molar refractivity (Wildman–Crippen MR) is 118 cm³/mol. The van der Waals surface area contributed by atoms with E-state index in [1.807, 2.05) is 17.7 Å². The van der Waals surface area contributed by atoms with Gasteiger partial charge in [0.1, 0.15) is 5.82 Å². The highest BCUT2D eigenvalue weighted by Gasteiger charge is 2.14. The number of aryl methyl sites for hydroxylation is 1. The van der Waals surface area contributed by atoms with Gasteiger partial charge in [0, 0.05) is 23.8 Å². The maximum absolute atomic E-state index is 12.6. The van der Waals surface area contributed by atoms with Gasteiger partial charge in [-0.1, -0.05) is 40.9 Å². The summed E-state index contributed by atoms with van der Waals surface area (Å²) < 4.78 is 1.86. The molecule has 0 spiro atoms. The van der Waals surface area contributed by atoms with Crippen molar-refractivity contribution in [2.75, 3.05) is 10.6 Å². The highest BCUT2D eigenvalue weighted by molar-refractivity contribution is 6.39. The van der Waals surface area contributed by atoms with E-state index in [2.05, 4.69) is 20.6 Å². The zero-order valence-electron chi connectivity index (χ0n) is 15.1. The average molecular weight is 447 g/mol. The minimum absolute atomic E-state index is 0.309. The molecule has 0 saturated heterocycles. The lowest BCUT2D eigenvalue weighted by Crippen LogP contribution is -2.12. The first kappa shape index (κ1) is 19.5. The predicted octanol–water partition coefficient (Wildman–Crippen LogP) is 5.92. The van der Waals surface area contributed by atoms with E-state index in [-0.39, 0.29) is 5.91 Å². The second-order valence-electron chi connectivity index (χ2n) is 6.23. The van der Waals surface area contributed by atoms with Gasteiger partial charge in [-0.25, -0.2) is 9.97 Å². The Hall–Kier alpha value is -2.80. The SMILES string of the molecule is Cn1c(Nc2c(Cl)cccc2Cl)nc2cc(C(=O)Nc3cc(Cl)ccn3)ccc21. The van der Waals surface area contributed by atoms with E-state index in [1.165, 1.54) is 6.20 Å². The van der Waals surface area contributed by atoms with Crippen molar-refractivity contribution >= 4 is 69.2 Å². The molecule has 0 unspecified atom stereocenters. The van der Waals surface area contributed by atoms with Gasteiger partial charge in [0.15, 0.2) is 0 Å². The molecule has 0 aliphatic rings. The second kappa shape index (κ2) is 7.91. The van der Waals surface area contributed by atoms with E-state index >= 15 is 0 Å². The summed E-state index contributed by atoms with van der Waals surface area (Å²) in [5.74, 6) is 0.611. The number of anilines is 3. The molecule has 0 fully saturated rings. The van der Waals surface area contributed by atoms with Crippen molar-refractivity contribution in [1.29, 1.82) is 0 Å². The van der Waals surface area contributed by atoms with Crippen molar-refractivity contribution in [1.82, 2.24) is 14.5 Å². The minimum Gasteiger partial charge on any atom is -0.323 e. The van der Waals surface area contributed by atoms with Gasteiger partial charge in [0.2, 0.25) is 5.95 Å². The topological polar surface area (TPSA) is 71.8 Å². The number of imidazole rings is 1. The van der Waals surface area contributed by atoms with Crippen molar-refractivity contribution in [3.05, 3.63) is 75.4 Å². The van der Waals surface area contributed by atoms with Crippen LogP contribution in [-0.4, -0.2) is 20.4 Å². The van der Waals surface area contributed by atoms with Crippen molar-refractivity contribution in [2.24, 2.45) is 7.05 Å². The molecule has 2 aromatic carbocycles. The molecular weight excluding hydrogens is 433 g/mol. The van der Waals surface area contributed by atoms with Crippen molar-refractivity contribution in [2.45, 2.75) is 0 Å². The molecule has 0 saturated carbocycles. The zero-order valence-corrected chi connectivity index (χ0v) is 17.3. The number of fused-ring (bicyclic) bond motifs is 1. The molecule has 2 heterocycles. The summed E-state index contributed by atoms with van der Waals surface area (Å²) in [6.45, 7) is 0. The average Bonchev–Trinajstić information content (AvgIpc) is 3.00. The van der Waals surface area contributed by atoms with E-state index in [9.17, 15) is 4.79 Å². The number of nitrogens with one attached hydrogen (secondary N) is 2. The molecule has 0 aliphatic heterocycles. The highest BCUT2D eigenvalue weighted by atomic mass is 35.5. The fourth-order valence-corrected chi connectivity index (χ4v) is 3.50. The fraction of sp³-hybridized carbons (Fsp3) is 0.0500. The Kier molecular flexibility index (Phi) is 5.32. The number of hydrogen-bond acceptors (Lipinski definition) is 4. The molecule has 6 nitrogen and oxygen atoms in total. The van der Waals surface area contributed by atoms with Crippen LogP contribution in [0.2, 0.25) is 15.1 Å². The van der Waals surface area contributed by atoms with Crippen molar-refractivity contribution < 1.29 is 4.79 Å². The third-order valence-electron chi connectivity index (χ3n) is 4.31. The van der Waals surface area contributed by atoms with Crippen LogP contribution in [0.1, 0.15) is 10.4 Å². The maximum atomic E-state index is 12.6. The fourth-order valence-electron chi connectivity index (χ4n) is 2.84. The van der Waals surface area contributed by atoms with E-state index in [1.54, 1.807) is 42.5 Å². The molecule has 2 N–H and O–H groups in total. The summed E-state index contributed by atoms with van der Waals surface area (Å²) >= 11 is 18.4. The number of halogens is 3. The first-order valence-electron chi connectivity index (χ1n) is 8.53. The number of rotatable bonds is 4. The van der Waals surface area contributed by atoms with Crippen LogP contribution in [-0.2, 0) is 7.05 Å². The van der Waals surface area contributed by atoms with E-state index in [4.69, 9.17) is 34.8 Å². The van der Waals surface area contributed by atoms with Crippen LogP contribution in [0.25, 0.3) is 11.0 Å². The third kappa shape index (κ3) is 4.00. The molecule has 29 heavy (non-hydrogen) atoms. The Morgan fingerprint density at radius 1 is 1.03 bits per heavy atom. The van der Waals surface area contributed by atoms with Gasteiger partial charge in [-0.05, 0) is 42.5 Å². The van der Waals surface area contributed by atoms with Gasteiger partial charge in [0.05, 0.1) is 26.8 Å². The molecule has 0 bridgehead atoms. The van der Waals surface area contributed by atoms with Gasteiger partial charge in [-0.3, -0.25) is 4.79 Å². The molecule has 0 radical (unpaired) electrons. The lowest BCUT2D eigenvalue weighted by molar-refractivity contribution is 0.102. The molecule has 4 aromatic rings. The smallest absolute Gasteiger partial charge is 0.256 e. The number of hydrogen-bond donors (Lipinski definition) is 2. The highest BCUT2D eigenvalue weighted by Crippen LogP contribution is 2.33. The number of para-hydroxylation sites is 1. The van der Waals surface area contributed by atoms with Crippen LogP contribution in [0.4, 0.5) is 17.5 Å². The first-order chi connectivity index (χ1) is 13.9. The molecule has 0 atom stereocenters. The van der Waals surface area contributed by atoms with Gasteiger partial charge in [0.25, 0.3) is 5.91 Å². The number of aromatic nitrogens is 3. The van der Waals surface area contributed by atoms with E-state index in [0.717, 1.165) is 5.52 Å². The lowest BCUT2D eigenvalue weighted by atomic mass is 10.2. The van der Waals surface area contributed by atoms with Gasteiger partial charge >= 0.3 is 0 Å². The summed E-state index contributed by atoms with van der Waals surface area (Å²) in [6, 6.07) is 13.7. The van der Waals surface area contributed by atoms with Crippen LogP contribution in [0.5, 0.6) is 0 Å². The van der Waals surface area contributed by atoms with Crippen molar-refractivity contribution in [3.63, 3.8) is 0 Å². The van der Waals surface area contributed by atoms with Crippen LogP contribution >= 0.6 is 34.8 Å². The largest absolute Gasteiger partial charge is 0.323 e. The maximum Gasteiger partial charge on any atom is 0.256 e. The van der Waals surface area contributed by atoms with Gasteiger partial charge in [-0.2, -0.15) is 0 Å². The Morgan fingerprint density at radius 2 is 1.79 bits per heavy atom. The summed E-state index contributed by atoms with van der Waals surface area (Å²) in [5.41, 5.74) is 2.50. The summed E-state index contributed by atoms with van der Waals surface area (Å²) in [7, 11) is 1.86. The van der Waals surface area contributed by atoms with Gasteiger partial charge < -0.3 is 15.2 Å². The number of benzene rings is 2. The first-order valence-corrected chi connectivity index (χ1v) is 9.66. The van der Waals surface area contributed by atoms with Crippen LogP contribution in [0.15, 0.2) is 54.7 Å². The molecule has 146 valence electrons. The summed E-state index contributed by atoms with van der Waals surface area (Å²) in [6.07, 6.45) is 1.53. The Bertz CT molecular complexity index is 1220. The van der Waals surface area contributed by atoms with Gasteiger partial charge in [-0.15, -0.1) is 0 Å².